The van der Waals surface area contributed by atoms with E-state index in [4.69, 9.17) is 5.26 Å². The van der Waals surface area contributed by atoms with Gasteiger partial charge in [-0.3, -0.25) is 9.78 Å². The van der Waals surface area contributed by atoms with Gasteiger partial charge in [-0.25, -0.2) is 0 Å². The van der Waals surface area contributed by atoms with Crippen molar-refractivity contribution in [3.63, 3.8) is 0 Å². The quantitative estimate of drug-likeness (QED) is 0.780. The highest BCUT2D eigenvalue weighted by atomic mass is 16.1. The van der Waals surface area contributed by atoms with Crippen molar-refractivity contribution in [2.75, 3.05) is 0 Å². The first-order valence-corrected chi connectivity index (χ1v) is 6.39. The van der Waals surface area contributed by atoms with Crippen molar-refractivity contribution in [1.82, 2.24) is 9.97 Å². The molecular formula is C15H13N3O. The molecule has 0 radical (unpaired) electrons. The van der Waals surface area contributed by atoms with Crippen LogP contribution in [0.5, 0.6) is 0 Å². The summed E-state index contributed by atoms with van der Waals surface area (Å²) in [6.07, 6.45) is 7.58. The van der Waals surface area contributed by atoms with E-state index in [9.17, 15) is 4.79 Å². The van der Waals surface area contributed by atoms with Gasteiger partial charge in [-0.15, -0.1) is 0 Å². The molecule has 1 aliphatic rings. The van der Waals surface area contributed by atoms with Crippen LogP contribution in [0.4, 0.5) is 0 Å². The molecule has 3 rings (SSSR count). The molecule has 0 saturated carbocycles. The van der Waals surface area contributed by atoms with E-state index in [-0.39, 0.29) is 11.1 Å². The molecule has 0 atom stereocenters. The summed E-state index contributed by atoms with van der Waals surface area (Å²) in [6.45, 7) is 0. The van der Waals surface area contributed by atoms with Crippen LogP contribution in [0, 0.1) is 11.3 Å². The average Bonchev–Trinajstić information content (AvgIpc) is 2.42. The Hall–Kier alpha value is -2.41. The van der Waals surface area contributed by atoms with Gasteiger partial charge in [0.2, 0.25) is 0 Å². The van der Waals surface area contributed by atoms with Crippen molar-refractivity contribution in [2.24, 2.45) is 0 Å². The van der Waals surface area contributed by atoms with Crippen molar-refractivity contribution >= 4 is 0 Å². The molecule has 4 nitrogen and oxygen atoms in total. The van der Waals surface area contributed by atoms with E-state index >= 15 is 0 Å². The largest absolute Gasteiger partial charge is 0.324 e. The molecule has 0 bridgehead atoms. The van der Waals surface area contributed by atoms with E-state index in [0.717, 1.165) is 42.5 Å². The number of pyridine rings is 2. The Balaban J connectivity index is 2.30. The van der Waals surface area contributed by atoms with Crippen LogP contribution in [0.1, 0.15) is 29.7 Å². The van der Waals surface area contributed by atoms with Crippen LogP contribution in [0.3, 0.4) is 0 Å². The fraction of sp³-hybridized carbons (Fsp3) is 0.267. The minimum atomic E-state index is -0.294. The third-order valence-corrected chi connectivity index (χ3v) is 3.56. The minimum absolute atomic E-state index is 0.169. The first-order chi connectivity index (χ1) is 9.29. The SMILES string of the molecule is N#Cc1cc2c([nH]c1=O)CCCCc1cnccc1-2. The summed E-state index contributed by atoms with van der Waals surface area (Å²) in [4.78, 5) is 18.8. The molecule has 19 heavy (non-hydrogen) atoms. The van der Waals surface area contributed by atoms with Crippen LogP contribution in [-0.2, 0) is 12.8 Å². The molecule has 0 amide bonds. The van der Waals surface area contributed by atoms with Gasteiger partial charge >= 0.3 is 0 Å². The maximum atomic E-state index is 11.7. The van der Waals surface area contributed by atoms with Crippen LogP contribution in [0.2, 0.25) is 0 Å². The molecule has 2 aromatic rings. The summed E-state index contributed by atoms with van der Waals surface area (Å²) in [6, 6.07) is 5.62. The van der Waals surface area contributed by atoms with Crippen molar-refractivity contribution < 1.29 is 0 Å². The van der Waals surface area contributed by atoms with E-state index in [1.165, 1.54) is 5.56 Å². The Morgan fingerprint density at radius 3 is 2.95 bits per heavy atom. The molecular weight excluding hydrogens is 238 g/mol. The smallest absolute Gasteiger partial charge is 0.266 e. The number of nitrogens with one attached hydrogen (secondary N) is 1. The zero-order valence-corrected chi connectivity index (χ0v) is 10.4. The first kappa shape index (κ1) is 11.7. The predicted octanol–water partition coefficient (Wildman–Crippen LogP) is 2.19. The predicted molar refractivity (Wildman–Crippen MR) is 71.7 cm³/mol. The monoisotopic (exact) mass is 251 g/mol. The van der Waals surface area contributed by atoms with Crippen LogP contribution in [-0.4, -0.2) is 9.97 Å². The number of hydrogen-bond acceptors (Lipinski definition) is 3. The van der Waals surface area contributed by atoms with Crippen LogP contribution in [0.25, 0.3) is 11.1 Å². The summed E-state index contributed by atoms with van der Waals surface area (Å²) in [5, 5.41) is 9.01. The lowest BCUT2D eigenvalue weighted by atomic mass is 9.91. The lowest BCUT2D eigenvalue weighted by Crippen LogP contribution is -2.15. The number of H-pyrrole nitrogens is 1. The molecule has 0 spiro atoms. The number of aryl methyl sites for hydroxylation is 2. The van der Waals surface area contributed by atoms with E-state index in [2.05, 4.69) is 9.97 Å². The normalized spacial score (nSPS) is 13.6. The highest BCUT2D eigenvalue weighted by Gasteiger charge is 2.15. The number of aromatic amines is 1. The molecule has 2 heterocycles. The van der Waals surface area contributed by atoms with Gasteiger partial charge in [-0.1, -0.05) is 0 Å². The van der Waals surface area contributed by atoms with Crippen molar-refractivity contribution in [3.8, 4) is 17.2 Å². The number of nitriles is 1. The Labute approximate surface area is 110 Å². The third-order valence-electron chi connectivity index (χ3n) is 3.56. The number of aromatic nitrogens is 2. The Morgan fingerprint density at radius 2 is 2.11 bits per heavy atom. The van der Waals surface area contributed by atoms with E-state index in [1.54, 1.807) is 12.3 Å². The second-order valence-corrected chi connectivity index (χ2v) is 4.76. The lowest BCUT2D eigenvalue weighted by Gasteiger charge is -2.16. The molecule has 1 aliphatic carbocycles. The van der Waals surface area contributed by atoms with Crippen molar-refractivity contribution in [3.05, 3.63) is 51.7 Å². The van der Waals surface area contributed by atoms with Crippen LogP contribution in [0.15, 0.2) is 29.3 Å². The minimum Gasteiger partial charge on any atom is -0.324 e. The second kappa shape index (κ2) is 4.69. The van der Waals surface area contributed by atoms with E-state index in [0.29, 0.717) is 0 Å². The first-order valence-electron chi connectivity index (χ1n) is 6.39. The number of hydrogen-bond donors (Lipinski definition) is 1. The lowest BCUT2D eigenvalue weighted by molar-refractivity contribution is 0.713. The van der Waals surface area contributed by atoms with Crippen molar-refractivity contribution in [2.45, 2.75) is 25.7 Å². The maximum Gasteiger partial charge on any atom is 0.266 e. The Bertz CT molecular complexity index is 725. The Kier molecular flexibility index (Phi) is 2.88. The molecule has 1 N–H and O–H groups in total. The van der Waals surface area contributed by atoms with E-state index < -0.39 is 0 Å². The zero-order chi connectivity index (χ0) is 13.2. The molecule has 0 aromatic carbocycles. The summed E-state index contributed by atoms with van der Waals surface area (Å²) in [5.41, 5.74) is 4.03. The van der Waals surface area contributed by atoms with Gasteiger partial charge in [-0.2, -0.15) is 5.26 Å². The standard InChI is InChI=1S/C15H13N3O/c16-8-11-7-13-12-5-6-17-9-10(12)3-1-2-4-14(13)18-15(11)19/h5-7,9H,1-4H2,(H,18,19). The van der Waals surface area contributed by atoms with E-state index in [1.807, 2.05) is 18.3 Å². The van der Waals surface area contributed by atoms with Gasteiger partial charge in [0.15, 0.2) is 0 Å². The summed E-state index contributed by atoms with van der Waals surface area (Å²) in [7, 11) is 0. The summed E-state index contributed by atoms with van der Waals surface area (Å²) in [5.74, 6) is 0. The van der Waals surface area contributed by atoms with Gasteiger partial charge in [0.05, 0.1) is 0 Å². The number of fused-ring (bicyclic) bond motifs is 3. The third kappa shape index (κ3) is 2.04. The fourth-order valence-corrected chi connectivity index (χ4v) is 2.60. The van der Waals surface area contributed by atoms with Crippen LogP contribution >= 0.6 is 0 Å². The molecule has 0 aliphatic heterocycles. The molecule has 2 aromatic heterocycles. The van der Waals surface area contributed by atoms with Gasteiger partial charge < -0.3 is 4.98 Å². The zero-order valence-electron chi connectivity index (χ0n) is 10.4. The second-order valence-electron chi connectivity index (χ2n) is 4.76. The van der Waals surface area contributed by atoms with Crippen molar-refractivity contribution in [1.29, 1.82) is 5.26 Å². The van der Waals surface area contributed by atoms with Gasteiger partial charge in [0.1, 0.15) is 11.6 Å². The number of nitrogens with zero attached hydrogens (tertiary/aromatic N) is 2. The Morgan fingerprint density at radius 1 is 1.26 bits per heavy atom. The van der Waals surface area contributed by atoms with Gasteiger partial charge in [-0.05, 0) is 48.9 Å². The number of rotatable bonds is 0. The summed E-state index contributed by atoms with van der Waals surface area (Å²) < 4.78 is 0. The molecule has 0 unspecified atom stereocenters. The average molecular weight is 251 g/mol. The maximum absolute atomic E-state index is 11.7. The summed E-state index contributed by atoms with van der Waals surface area (Å²) >= 11 is 0. The van der Waals surface area contributed by atoms with Gasteiger partial charge in [0, 0.05) is 23.7 Å². The highest BCUT2D eigenvalue weighted by molar-refractivity contribution is 5.70. The van der Waals surface area contributed by atoms with Crippen LogP contribution < -0.4 is 5.56 Å². The fourth-order valence-electron chi connectivity index (χ4n) is 2.60. The molecule has 94 valence electrons. The van der Waals surface area contributed by atoms with Gasteiger partial charge in [0.25, 0.3) is 5.56 Å². The molecule has 0 fully saturated rings. The molecule has 0 saturated heterocycles. The molecule has 4 heteroatoms. The highest BCUT2D eigenvalue weighted by Crippen LogP contribution is 2.29. The topological polar surface area (TPSA) is 69.5 Å².